The lowest BCUT2D eigenvalue weighted by Gasteiger charge is -2.15. The highest BCUT2D eigenvalue weighted by Crippen LogP contribution is 2.11. The number of aryl methyl sites for hydroxylation is 1. The first-order valence-electron chi connectivity index (χ1n) is 4.08. The molecule has 0 atom stereocenters. The molecule has 0 saturated heterocycles. The van der Waals surface area contributed by atoms with Crippen molar-refractivity contribution in [3.63, 3.8) is 0 Å². The molecule has 1 rings (SSSR count). The molecule has 3 heteroatoms. The van der Waals surface area contributed by atoms with Crippen molar-refractivity contribution in [1.29, 1.82) is 0 Å². The van der Waals surface area contributed by atoms with E-state index in [1.54, 1.807) is 6.07 Å². The Kier molecular flexibility index (Phi) is 2.24. The molecule has 1 aromatic rings. The Balaban J connectivity index is 3.14. The number of aromatic nitrogens is 1. The van der Waals surface area contributed by atoms with Gasteiger partial charge in [-0.3, -0.25) is 4.98 Å². The molecule has 0 bridgehead atoms. The fourth-order valence-corrected chi connectivity index (χ4v) is 2.06. The van der Waals surface area contributed by atoms with Crippen molar-refractivity contribution in [2.75, 3.05) is 0 Å². The molecular weight excluding hydrogens is 166 g/mol. The molecule has 0 saturated carbocycles. The highest BCUT2D eigenvalue weighted by atomic mass is 28.3. The average Bonchev–Trinajstić information content (AvgIpc) is 1.92. The minimum absolute atomic E-state index is 0.289. The predicted molar refractivity (Wildman–Crippen MR) is 53.6 cm³/mol. The minimum Gasteiger partial charge on any atom is -0.506 e. The van der Waals surface area contributed by atoms with Gasteiger partial charge in [-0.25, -0.2) is 0 Å². The fraction of sp³-hybridized carbons (Fsp3) is 0.444. The van der Waals surface area contributed by atoms with Crippen molar-refractivity contribution in [2.24, 2.45) is 0 Å². The lowest BCUT2D eigenvalue weighted by molar-refractivity contribution is 0.468. The number of hydrogen-bond acceptors (Lipinski definition) is 2. The summed E-state index contributed by atoms with van der Waals surface area (Å²) in [5.74, 6) is 0.289. The van der Waals surface area contributed by atoms with E-state index in [-0.39, 0.29) is 5.75 Å². The second-order valence-electron chi connectivity index (χ2n) is 4.05. The molecule has 0 aliphatic rings. The molecule has 0 aliphatic carbocycles. The zero-order chi connectivity index (χ0) is 9.35. The summed E-state index contributed by atoms with van der Waals surface area (Å²) in [5.41, 5.74) is 0.731. The third-order valence-corrected chi connectivity index (χ3v) is 3.64. The van der Waals surface area contributed by atoms with Crippen LogP contribution in [-0.4, -0.2) is 18.2 Å². The zero-order valence-electron chi connectivity index (χ0n) is 8.05. The number of pyridine rings is 1. The molecule has 12 heavy (non-hydrogen) atoms. The Morgan fingerprint density at radius 2 is 1.83 bits per heavy atom. The Hall–Kier alpha value is -0.833. The highest BCUT2D eigenvalue weighted by Gasteiger charge is 2.18. The van der Waals surface area contributed by atoms with Crippen molar-refractivity contribution in [1.82, 2.24) is 4.98 Å². The van der Waals surface area contributed by atoms with E-state index < -0.39 is 8.07 Å². The molecule has 0 radical (unpaired) electrons. The maximum absolute atomic E-state index is 9.26. The Bertz CT molecular complexity index is 291. The summed E-state index contributed by atoms with van der Waals surface area (Å²) in [6, 6.07) is 3.66. The monoisotopic (exact) mass is 181 g/mol. The SMILES string of the molecule is Cc1nc([Si](C)(C)C)ccc1O. The Labute approximate surface area is 74.3 Å². The first-order chi connectivity index (χ1) is 5.41. The Morgan fingerprint density at radius 1 is 1.25 bits per heavy atom. The predicted octanol–water partition coefficient (Wildman–Crippen LogP) is 1.64. The van der Waals surface area contributed by atoms with Crippen LogP contribution in [-0.2, 0) is 0 Å². The quantitative estimate of drug-likeness (QED) is 0.668. The van der Waals surface area contributed by atoms with E-state index >= 15 is 0 Å². The third kappa shape index (κ3) is 1.85. The maximum atomic E-state index is 9.26. The number of aromatic hydroxyl groups is 1. The van der Waals surface area contributed by atoms with E-state index in [1.807, 2.05) is 13.0 Å². The molecule has 2 nitrogen and oxygen atoms in total. The van der Waals surface area contributed by atoms with Gasteiger partial charge in [-0.15, -0.1) is 0 Å². The van der Waals surface area contributed by atoms with Gasteiger partial charge < -0.3 is 5.11 Å². The van der Waals surface area contributed by atoms with Gasteiger partial charge >= 0.3 is 0 Å². The molecule has 1 N–H and O–H groups in total. The summed E-state index contributed by atoms with van der Waals surface area (Å²) >= 11 is 0. The van der Waals surface area contributed by atoms with Gasteiger partial charge in [-0.1, -0.05) is 19.6 Å². The van der Waals surface area contributed by atoms with Gasteiger partial charge in [0.2, 0.25) is 0 Å². The second-order valence-corrected chi connectivity index (χ2v) is 9.06. The van der Waals surface area contributed by atoms with Crippen molar-refractivity contribution < 1.29 is 5.11 Å². The van der Waals surface area contributed by atoms with Crippen LogP contribution in [0, 0.1) is 6.92 Å². The molecular formula is C9H15NOSi. The second kappa shape index (κ2) is 2.90. The average molecular weight is 181 g/mol. The van der Waals surface area contributed by atoms with E-state index in [4.69, 9.17) is 0 Å². The van der Waals surface area contributed by atoms with Crippen molar-refractivity contribution in [3.8, 4) is 5.75 Å². The van der Waals surface area contributed by atoms with E-state index in [2.05, 4.69) is 24.6 Å². The van der Waals surface area contributed by atoms with Crippen LogP contribution in [0.1, 0.15) is 5.69 Å². The van der Waals surface area contributed by atoms with Crippen LogP contribution in [0.3, 0.4) is 0 Å². The number of nitrogens with zero attached hydrogens (tertiary/aromatic N) is 1. The van der Waals surface area contributed by atoms with Crippen LogP contribution >= 0.6 is 0 Å². The van der Waals surface area contributed by atoms with Gasteiger partial charge in [0.05, 0.1) is 5.69 Å². The molecule has 1 heterocycles. The van der Waals surface area contributed by atoms with E-state index in [9.17, 15) is 5.11 Å². The summed E-state index contributed by atoms with van der Waals surface area (Å²) in [4.78, 5) is 4.36. The van der Waals surface area contributed by atoms with Gasteiger partial charge in [-0.05, 0) is 19.1 Å². The summed E-state index contributed by atoms with van der Waals surface area (Å²) in [5, 5.41) is 10.4. The van der Waals surface area contributed by atoms with Crippen LogP contribution in [0.2, 0.25) is 19.6 Å². The molecule has 1 aromatic heterocycles. The van der Waals surface area contributed by atoms with Gasteiger partial charge in [0, 0.05) is 5.32 Å². The maximum Gasteiger partial charge on any atom is 0.136 e. The zero-order valence-corrected chi connectivity index (χ0v) is 9.05. The Morgan fingerprint density at radius 3 is 2.25 bits per heavy atom. The first-order valence-corrected chi connectivity index (χ1v) is 7.58. The largest absolute Gasteiger partial charge is 0.506 e. The molecule has 0 unspecified atom stereocenters. The molecule has 0 fully saturated rings. The van der Waals surface area contributed by atoms with Crippen LogP contribution in [0.25, 0.3) is 0 Å². The highest BCUT2D eigenvalue weighted by molar-refractivity contribution is 6.88. The summed E-state index contributed by atoms with van der Waals surface area (Å²) in [7, 11) is -1.31. The minimum atomic E-state index is -1.31. The summed E-state index contributed by atoms with van der Waals surface area (Å²) < 4.78 is 0. The molecule has 66 valence electrons. The smallest absolute Gasteiger partial charge is 0.136 e. The van der Waals surface area contributed by atoms with Crippen molar-refractivity contribution in [3.05, 3.63) is 17.8 Å². The summed E-state index contributed by atoms with van der Waals surface area (Å²) in [6.07, 6.45) is 0. The van der Waals surface area contributed by atoms with Crippen LogP contribution in [0.15, 0.2) is 12.1 Å². The van der Waals surface area contributed by atoms with Gasteiger partial charge in [0.15, 0.2) is 0 Å². The van der Waals surface area contributed by atoms with Crippen LogP contribution in [0.5, 0.6) is 5.75 Å². The topological polar surface area (TPSA) is 33.1 Å². The van der Waals surface area contributed by atoms with Crippen molar-refractivity contribution >= 4 is 13.4 Å². The van der Waals surface area contributed by atoms with Crippen LogP contribution < -0.4 is 5.32 Å². The summed E-state index contributed by atoms with van der Waals surface area (Å²) in [6.45, 7) is 8.56. The van der Waals surface area contributed by atoms with Crippen molar-refractivity contribution in [2.45, 2.75) is 26.6 Å². The van der Waals surface area contributed by atoms with Gasteiger partial charge in [0.25, 0.3) is 0 Å². The third-order valence-electron chi connectivity index (χ3n) is 1.83. The number of hydrogen-bond donors (Lipinski definition) is 1. The molecule has 0 spiro atoms. The lowest BCUT2D eigenvalue weighted by Crippen LogP contribution is -2.40. The number of rotatable bonds is 1. The first kappa shape index (κ1) is 9.26. The van der Waals surface area contributed by atoms with E-state index in [0.717, 1.165) is 11.0 Å². The normalized spacial score (nSPS) is 11.7. The molecule has 0 aliphatic heterocycles. The van der Waals surface area contributed by atoms with E-state index in [1.165, 1.54) is 0 Å². The lowest BCUT2D eigenvalue weighted by atomic mass is 10.3. The molecule has 0 aromatic carbocycles. The van der Waals surface area contributed by atoms with Crippen LogP contribution in [0.4, 0.5) is 0 Å². The molecule has 0 amide bonds. The van der Waals surface area contributed by atoms with E-state index in [0.29, 0.717) is 0 Å². The van der Waals surface area contributed by atoms with Gasteiger partial charge in [-0.2, -0.15) is 0 Å². The fourth-order valence-electron chi connectivity index (χ4n) is 0.971. The van der Waals surface area contributed by atoms with Gasteiger partial charge in [0.1, 0.15) is 13.8 Å². The standard InChI is InChI=1S/C9H15NOSi/c1-7-8(11)5-6-9(10-7)12(2,3)4/h5-6,11H,1-4H3.